The average molecular weight is 378 g/mol. The minimum absolute atomic E-state index is 0.0781. The largest absolute Gasteiger partial charge is 0.460 e. The minimum Gasteiger partial charge on any atom is -0.460 e. The monoisotopic (exact) mass is 378 g/mol. The van der Waals surface area contributed by atoms with Crippen LogP contribution in [0.2, 0.25) is 18.0 Å². The number of carbonyl (C=O) groups excluding carboxylic acids is 1. The van der Waals surface area contributed by atoms with Gasteiger partial charge in [0.1, 0.15) is 12.3 Å². The molecule has 4 nitrogen and oxygen atoms in total. The number of ether oxygens (including phenoxy) is 3. The third-order valence-electron chi connectivity index (χ3n) is 6.63. The lowest BCUT2D eigenvalue weighted by molar-refractivity contribution is -0.195. The molecule has 0 N–H and O–H groups in total. The Kier molecular flexibility index (Phi) is 7.67. The van der Waals surface area contributed by atoms with E-state index in [2.05, 4.69) is 0 Å². The predicted molar refractivity (Wildman–Crippen MR) is 109 cm³/mol. The van der Waals surface area contributed by atoms with E-state index in [-0.39, 0.29) is 18.4 Å². The lowest BCUT2D eigenvalue weighted by Gasteiger charge is -2.41. The third-order valence-corrected chi connectivity index (χ3v) is 6.63. The molecule has 3 saturated heterocycles. The number of esters is 1. The van der Waals surface area contributed by atoms with E-state index in [9.17, 15) is 4.79 Å². The van der Waals surface area contributed by atoms with E-state index in [0.29, 0.717) is 6.42 Å². The van der Waals surface area contributed by atoms with Crippen molar-refractivity contribution in [2.75, 3.05) is 6.61 Å². The summed E-state index contributed by atoms with van der Waals surface area (Å²) in [4.78, 5) is 12.4. The Morgan fingerprint density at radius 3 is 2.26 bits per heavy atom. The number of hydrogen-bond acceptors (Lipinski definition) is 4. The molecule has 3 heterocycles. The SMILES string of the molecule is CC(C)(C)OC(=O)C[C@H](CCB1C2CCCC1CCC2)OC1CCCCO1. The van der Waals surface area contributed by atoms with Gasteiger partial charge in [0, 0.05) is 6.61 Å². The van der Waals surface area contributed by atoms with Gasteiger partial charge in [-0.15, -0.1) is 0 Å². The molecule has 3 aliphatic heterocycles. The van der Waals surface area contributed by atoms with Gasteiger partial charge >= 0.3 is 5.97 Å². The van der Waals surface area contributed by atoms with Crippen LogP contribution in [-0.4, -0.2) is 37.3 Å². The first-order valence-electron chi connectivity index (χ1n) is 11.4. The normalized spacial score (nSPS) is 30.0. The van der Waals surface area contributed by atoms with Gasteiger partial charge in [0.25, 0.3) is 0 Å². The van der Waals surface area contributed by atoms with Gasteiger partial charge in [-0.2, -0.15) is 0 Å². The molecular weight excluding hydrogens is 339 g/mol. The second-order valence-electron chi connectivity index (χ2n) is 9.97. The summed E-state index contributed by atoms with van der Waals surface area (Å²) in [5.74, 6) is 1.67. The Morgan fingerprint density at radius 1 is 1.04 bits per heavy atom. The smallest absolute Gasteiger partial charge is 0.308 e. The number of hydrogen-bond donors (Lipinski definition) is 0. The maximum absolute atomic E-state index is 12.4. The number of fused-ring (bicyclic) bond motifs is 2. The summed E-state index contributed by atoms with van der Waals surface area (Å²) in [5.41, 5.74) is -0.441. The molecule has 0 radical (unpaired) electrons. The fourth-order valence-electron chi connectivity index (χ4n) is 5.48. The molecule has 3 rings (SSSR count). The molecular formula is C22H39BO4. The van der Waals surface area contributed by atoms with E-state index in [1.807, 2.05) is 20.8 Å². The van der Waals surface area contributed by atoms with Gasteiger partial charge < -0.3 is 14.2 Å². The van der Waals surface area contributed by atoms with Crippen molar-refractivity contribution < 1.29 is 19.0 Å². The number of carbonyl (C=O) groups is 1. The number of rotatable bonds is 7. The molecule has 1 unspecified atom stereocenters. The topological polar surface area (TPSA) is 44.8 Å². The Balaban J connectivity index is 1.55. The van der Waals surface area contributed by atoms with Crippen molar-refractivity contribution in [1.29, 1.82) is 0 Å². The van der Waals surface area contributed by atoms with Gasteiger partial charge in [0.15, 0.2) is 6.29 Å². The summed E-state index contributed by atoms with van der Waals surface area (Å²) in [6.07, 6.45) is 13.9. The highest BCUT2D eigenvalue weighted by molar-refractivity contribution is 6.62. The Labute approximate surface area is 166 Å². The first-order chi connectivity index (χ1) is 12.9. The van der Waals surface area contributed by atoms with Crippen LogP contribution in [-0.2, 0) is 19.0 Å². The minimum atomic E-state index is -0.441. The van der Waals surface area contributed by atoms with Crippen LogP contribution in [0.3, 0.4) is 0 Å². The average Bonchev–Trinajstić information content (AvgIpc) is 2.58. The van der Waals surface area contributed by atoms with Crippen LogP contribution in [0.5, 0.6) is 0 Å². The first kappa shape index (κ1) is 21.2. The quantitative estimate of drug-likeness (QED) is 0.426. The molecule has 3 fully saturated rings. The predicted octanol–water partition coefficient (Wildman–Crippen LogP) is 5.62. The second-order valence-corrected chi connectivity index (χ2v) is 9.97. The van der Waals surface area contributed by atoms with Crippen molar-refractivity contribution in [3.8, 4) is 0 Å². The molecule has 0 aromatic carbocycles. The van der Waals surface area contributed by atoms with E-state index in [4.69, 9.17) is 14.2 Å². The Bertz CT molecular complexity index is 447. The van der Waals surface area contributed by atoms with Gasteiger partial charge in [0.2, 0.25) is 0 Å². The van der Waals surface area contributed by atoms with Crippen molar-refractivity contribution in [2.45, 2.75) is 127 Å². The van der Waals surface area contributed by atoms with Crippen LogP contribution in [0.1, 0.15) is 91.4 Å². The lowest BCUT2D eigenvalue weighted by atomic mass is 9.25. The Hall–Kier alpha value is -0.545. The zero-order valence-corrected chi connectivity index (χ0v) is 17.7. The Morgan fingerprint density at radius 2 is 1.70 bits per heavy atom. The van der Waals surface area contributed by atoms with Crippen molar-refractivity contribution in [1.82, 2.24) is 0 Å². The fourth-order valence-corrected chi connectivity index (χ4v) is 5.48. The molecule has 0 spiro atoms. The van der Waals surface area contributed by atoms with E-state index in [1.54, 1.807) is 0 Å². The molecule has 2 atom stereocenters. The molecule has 0 amide bonds. The van der Waals surface area contributed by atoms with E-state index in [0.717, 1.165) is 50.6 Å². The second kappa shape index (κ2) is 9.78. The van der Waals surface area contributed by atoms with Gasteiger partial charge in [-0.05, 0) is 46.5 Å². The molecule has 5 heteroatoms. The first-order valence-corrected chi connectivity index (χ1v) is 11.4. The molecule has 27 heavy (non-hydrogen) atoms. The zero-order valence-electron chi connectivity index (χ0n) is 17.7. The zero-order chi connectivity index (χ0) is 19.3. The van der Waals surface area contributed by atoms with E-state index < -0.39 is 5.60 Å². The molecule has 0 aliphatic carbocycles. The van der Waals surface area contributed by atoms with Crippen molar-refractivity contribution in [3.63, 3.8) is 0 Å². The molecule has 154 valence electrons. The van der Waals surface area contributed by atoms with Crippen LogP contribution in [0, 0.1) is 0 Å². The molecule has 0 aromatic heterocycles. The van der Waals surface area contributed by atoms with Gasteiger partial charge in [-0.1, -0.05) is 56.5 Å². The highest BCUT2D eigenvalue weighted by Gasteiger charge is 2.39. The van der Waals surface area contributed by atoms with Gasteiger partial charge in [-0.3, -0.25) is 4.79 Å². The van der Waals surface area contributed by atoms with Crippen LogP contribution in [0.25, 0.3) is 0 Å². The van der Waals surface area contributed by atoms with Crippen LogP contribution < -0.4 is 0 Å². The molecule has 0 saturated carbocycles. The highest BCUT2D eigenvalue weighted by Crippen LogP contribution is 2.48. The summed E-state index contributed by atoms with van der Waals surface area (Å²) in [6.45, 7) is 7.39. The lowest BCUT2D eigenvalue weighted by Crippen LogP contribution is -2.37. The van der Waals surface area contributed by atoms with E-state index >= 15 is 0 Å². The van der Waals surface area contributed by atoms with Crippen molar-refractivity contribution in [3.05, 3.63) is 0 Å². The summed E-state index contributed by atoms with van der Waals surface area (Å²) in [6, 6.07) is 0. The molecule has 2 bridgehead atoms. The van der Waals surface area contributed by atoms with Crippen molar-refractivity contribution >= 4 is 12.7 Å². The maximum atomic E-state index is 12.4. The maximum Gasteiger partial charge on any atom is 0.308 e. The standard InChI is InChI=1S/C22H39BO4/c1-22(2,3)27-20(24)16-19(26-21-12-4-5-15-25-21)13-14-23-17-8-6-9-18(23)11-7-10-17/h17-19,21H,4-16H2,1-3H3/t17?,18?,19-,21?/m0/s1. The highest BCUT2D eigenvalue weighted by atomic mass is 16.7. The van der Waals surface area contributed by atoms with Crippen LogP contribution in [0.15, 0.2) is 0 Å². The fraction of sp³-hybridized carbons (Fsp3) is 0.955. The molecule has 3 aliphatic rings. The third kappa shape index (κ3) is 6.78. The molecule has 0 aromatic rings. The van der Waals surface area contributed by atoms with Gasteiger partial charge in [-0.25, -0.2) is 0 Å². The van der Waals surface area contributed by atoms with Crippen LogP contribution >= 0.6 is 0 Å². The summed E-state index contributed by atoms with van der Waals surface area (Å²) in [7, 11) is 0. The summed E-state index contributed by atoms with van der Waals surface area (Å²) in [5, 5.41) is 0. The van der Waals surface area contributed by atoms with Crippen molar-refractivity contribution in [2.24, 2.45) is 0 Å². The van der Waals surface area contributed by atoms with Crippen LogP contribution in [0.4, 0.5) is 0 Å². The van der Waals surface area contributed by atoms with Gasteiger partial charge in [0.05, 0.1) is 12.5 Å². The van der Waals surface area contributed by atoms with E-state index in [1.165, 1.54) is 44.8 Å². The summed E-state index contributed by atoms with van der Waals surface area (Å²) < 4.78 is 17.6. The summed E-state index contributed by atoms with van der Waals surface area (Å²) >= 11 is 0.